The lowest BCUT2D eigenvalue weighted by Gasteiger charge is -2.32. The third kappa shape index (κ3) is 2.36. The number of halogens is 1. The van der Waals surface area contributed by atoms with E-state index in [0.29, 0.717) is 5.41 Å². The van der Waals surface area contributed by atoms with Gasteiger partial charge in [-0.15, -0.1) is 0 Å². The summed E-state index contributed by atoms with van der Waals surface area (Å²) in [5.74, 6) is 0. The topological polar surface area (TPSA) is 0 Å². The van der Waals surface area contributed by atoms with E-state index in [1.165, 1.54) is 19.3 Å². The van der Waals surface area contributed by atoms with Crippen LogP contribution in [0.25, 0.3) is 0 Å². The molecule has 0 saturated carbocycles. The van der Waals surface area contributed by atoms with Crippen LogP contribution in [0.2, 0.25) is 0 Å². The van der Waals surface area contributed by atoms with Gasteiger partial charge in [0.05, 0.1) is 0 Å². The van der Waals surface area contributed by atoms with Crippen LogP contribution in [0.3, 0.4) is 0 Å². The van der Waals surface area contributed by atoms with Crippen molar-refractivity contribution in [2.24, 2.45) is 5.41 Å². The van der Waals surface area contributed by atoms with Gasteiger partial charge >= 0.3 is 0 Å². The average Bonchev–Trinajstić information content (AvgIpc) is 2.28. The van der Waals surface area contributed by atoms with Crippen molar-refractivity contribution in [1.29, 1.82) is 0 Å². The van der Waals surface area contributed by atoms with E-state index in [2.05, 4.69) is 62.0 Å². The fraction of sp³-hybridized carbons (Fsp3) is 1.00. The van der Waals surface area contributed by atoms with Crippen molar-refractivity contribution in [2.75, 3.05) is 0 Å². The lowest BCUT2D eigenvalue weighted by atomic mass is 9.78. The van der Waals surface area contributed by atoms with E-state index < -0.39 is 0 Å². The fourth-order valence-electron chi connectivity index (χ4n) is 2.21. The molecule has 0 aromatic heterocycles. The molecule has 13 heavy (non-hydrogen) atoms. The molecule has 1 saturated heterocycles. The van der Waals surface area contributed by atoms with E-state index in [1.54, 1.807) is 0 Å². The van der Waals surface area contributed by atoms with Crippen molar-refractivity contribution in [3.8, 4) is 0 Å². The maximum Gasteiger partial charge on any atom is 0.0290 e. The monoisotopic (exact) mass is 312 g/mol. The summed E-state index contributed by atoms with van der Waals surface area (Å²) in [6.07, 6.45) is 4.15. The van der Waals surface area contributed by atoms with Crippen molar-refractivity contribution in [3.05, 3.63) is 0 Å². The molecule has 1 aliphatic heterocycles. The molecule has 4 atom stereocenters. The molecule has 0 amide bonds. The van der Waals surface area contributed by atoms with Gasteiger partial charge in [0.15, 0.2) is 0 Å². The van der Waals surface area contributed by atoms with Crippen molar-refractivity contribution in [2.45, 2.75) is 61.4 Å². The number of rotatable bonds is 3. The Kier molecular flexibility index (Phi) is 4.42. The van der Waals surface area contributed by atoms with Gasteiger partial charge in [-0.3, -0.25) is 0 Å². The van der Waals surface area contributed by atoms with Crippen LogP contribution in [0.15, 0.2) is 0 Å². The molecule has 1 aliphatic rings. The first kappa shape index (κ1) is 12.2. The molecule has 1 heterocycles. The van der Waals surface area contributed by atoms with Gasteiger partial charge in [0.25, 0.3) is 0 Å². The van der Waals surface area contributed by atoms with Crippen LogP contribution in [0.1, 0.15) is 47.0 Å². The second-order valence-electron chi connectivity index (χ2n) is 4.49. The molecule has 0 aromatic rings. The zero-order chi connectivity index (χ0) is 10.1. The van der Waals surface area contributed by atoms with Gasteiger partial charge in [0.2, 0.25) is 0 Å². The van der Waals surface area contributed by atoms with E-state index >= 15 is 0 Å². The molecule has 0 aromatic carbocycles. The van der Waals surface area contributed by atoms with Gasteiger partial charge in [-0.2, -0.15) is 11.8 Å². The number of thioether (sulfide) groups is 1. The third-order valence-electron chi connectivity index (χ3n) is 3.46. The van der Waals surface area contributed by atoms with Crippen LogP contribution >= 0.6 is 34.4 Å². The third-order valence-corrected chi connectivity index (χ3v) is 8.10. The lowest BCUT2D eigenvalue weighted by molar-refractivity contribution is 0.300. The van der Waals surface area contributed by atoms with Crippen LogP contribution in [0, 0.1) is 5.41 Å². The zero-order valence-corrected chi connectivity index (χ0v) is 12.1. The second-order valence-corrected chi connectivity index (χ2v) is 7.56. The smallest absolute Gasteiger partial charge is 0.0290 e. The second kappa shape index (κ2) is 4.73. The molecule has 78 valence electrons. The quantitative estimate of drug-likeness (QED) is 0.546. The molecule has 0 aliphatic carbocycles. The molecule has 0 spiro atoms. The summed E-state index contributed by atoms with van der Waals surface area (Å²) in [6, 6.07) is 0. The molecule has 0 N–H and O–H groups in total. The Bertz CT molecular complexity index is 171. The Balaban J connectivity index is 2.63. The highest BCUT2D eigenvalue weighted by atomic mass is 127. The Hall–Kier alpha value is 1.08. The van der Waals surface area contributed by atoms with Crippen molar-refractivity contribution < 1.29 is 0 Å². The first-order chi connectivity index (χ1) is 6.02. The zero-order valence-electron chi connectivity index (χ0n) is 9.14. The van der Waals surface area contributed by atoms with Crippen molar-refractivity contribution in [1.82, 2.24) is 0 Å². The minimum absolute atomic E-state index is 0.584. The largest absolute Gasteiger partial charge is 0.154 e. The van der Waals surface area contributed by atoms with E-state index in [0.717, 1.165) is 14.4 Å². The predicted molar refractivity (Wildman–Crippen MR) is 72.0 cm³/mol. The summed E-state index contributed by atoms with van der Waals surface area (Å²) >= 11 is 4.85. The standard InChI is InChI=1S/C11H21IS/c1-5-6-7-11(4)9(3)13-8(2)10(11)12/h8-10H,5-7H2,1-4H3. The predicted octanol–water partition coefficient (Wildman–Crippen LogP) is 4.51. The van der Waals surface area contributed by atoms with Gasteiger partial charge in [0, 0.05) is 14.4 Å². The molecule has 2 heteroatoms. The van der Waals surface area contributed by atoms with Gasteiger partial charge in [-0.05, 0) is 11.8 Å². The minimum Gasteiger partial charge on any atom is -0.154 e. The average molecular weight is 312 g/mol. The van der Waals surface area contributed by atoms with E-state index in [-0.39, 0.29) is 0 Å². The van der Waals surface area contributed by atoms with E-state index in [1.807, 2.05) is 0 Å². The highest BCUT2D eigenvalue weighted by Gasteiger charge is 2.46. The summed E-state index contributed by atoms with van der Waals surface area (Å²) in [7, 11) is 0. The molecule has 0 bridgehead atoms. The van der Waals surface area contributed by atoms with Gasteiger partial charge in [-0.1, -0.05) is 63.1 Å². The Labute approximate surface area is 101 Å². The first-order valence-electron chi connectivity index (χ1n) is 5.32. The summed E-state index contributed by atoms with van der Waals surface area (Å²) < 4.78 is 0.858. The molecule has 4 unspecified atom stereocenters. The summed E-state index contributed by atoms with van der Waals surface area (Å²) in [5, 5.41) is 1.69. The lowest BCUT2D eigenvalue weighted by Crippen LogP contribution is -2.32. The number of alkyl halides is 1. The number of unbranched alkanes of at least 4 members (excludes halogenated alkanes) is 1. The van der Waals surface area contributed by atoms with Crippen LogP contribution in [0.5, 0.6) is 0 Å². The molecule has 0 nitrogen and oxygen atoms in total. The molecule has 1 fully saturated rings. The molecule has 0 radical (unpaired) electrons. The van der Waals surface area contributed by atoms with Crippen molar-refractivity contribution >= 4 is 34.4 Å². The van der Waals surface area contributed by atoms with E-state index in [9.17, 15) is 0 Å². The summed E-state index contributed by atoms with van der Waals surface area (Å²) in [5.41, 5.74) is 0.584. The maximum atomic E-state index is 2.67. The van der Waals surface area contributed by atoms with Gasteiger partial charge in [-0.25, -0.2) is 0 Å². The summed E-state index contributed by atoms with van der Waals surface area (Å²) in [6.45, 7) is 9.58. The Morgan fingerprint density at radius 2 is 2.00 bits per heavy atom. The Morgan fingerprint density at radius 3 is 2.38 bits per heavy atom. The van der Waals surface area contributed by atoms with Gasteiger partial charge in [0.1, 0.15) is 0 Å². The molecular formula is C11H21IS. The molecule has 1 rings (SSSR count). The number of hydrogen-bond donors (Lipinski definition) is 0. The van der Waals surface area contributed by atoms with Crippen LogP contribution in [-0.4, -0.2) is 14.4 Å². The first-order valence-corrected chi connectivity index (χ1v) is 7.50. The van der Waals surface area contributed by atoms with Crippen molar-refractivity contribution in [3.63, 3.8) is 0 Å². The Morgan fingerprint density at radius 1 is 1.38 bits per heavy atom. The van der Waals surface area contributed by atoms with Crippen LogP contribution in [-0.2, 0) is 0 Å². The number of hydrogen-bond acceptors (Lipinski definition) is 1. The van der Waals surface area contributed by atoms with Crippen LogP contribution in [0.4, 0.5) is 0 Å². The fourth-order valence-corrected chi connectivity index (χ4v) is 5.48. The maximum absolute atomic E-state index is 2.67. The normalized spacial score (nSPS) is 45.5. The molecular weight excluding hydrogens is 291 g/mol. The SMILES string of the molecule is CCCCC1(C)C(C)SC(C)C1I. The highest BCUT2D eigenvalue weighted by molar-refractivity contribution is 14.1. The van der Waals surface area contributed by atoms with Crippen LogP contribution < -0.4 is 0 Å². The van der Waals surface area contributed by atoms with Gasteiger partial charge < -0.3 is 0 Å². The van der Waals surface area contributed by atoms with E-state index in [4.69, 9.17) is 0 Å². The summed E-state index contributed by atoms with van der Waals surface area (Å²) in [4.78, 5) is 0. The highest BCUT2D eigenvalue weighted by Crippen LogP contribution is 2.53. The minimum atomic E-state index is 0.584.